The van der Waals surface area contributed by atoms with E-state index in [1.807, 2.05) is 37.0 Å². The third kappa shape index (κ3) is 5.57. The monoisotopic (exact) mass is 369 g/mol. The highest BCUT2D eigenvalue weighted by molar-refractivity contribution is 8.00. The van der Waals surface area contributed by atoms with Crippen LogP contribution in [0.5, 0.6) is 0 Å². The lowest BCUT2D eigenvalue weighted by Gasteiger charge is -2.37. The van der Waals surface area contributed by atoms with E-state index in [1.165, 1.54) is 5.56 Å². The number of ether oxygens (including phenoxy) is 1. The summed E-state index contributed by atoms with van der Waals surface area (Å²) in [5.41, 5.74) is 1.18. The smallest absolute Gasteiger partial charge is 0.193 e. The summed E-state index contributed by atoms with van der Waals surface area (Å²) in [4.78, 5) is 6.57. The highest BCUT2D eigenvalue weighted by Gasteiger charge is 2.32. The predicted octanol–water partition coefficient (Wildman–Crippen LogP) is 3.65. The van der Waals surface area contributed by atoms with Gasteiger partial charge in [0, 0.05) is 50.2 Å². The Labute approximate surface area is 155 Å². The van der Waals surface area contributed by atoms with Crippen molar-refractivity contribution in [2.75, 3.05) is 39.6 Å². The summed E-state index contributed by atoms with van der Waals surface area (Å²) in [7, 11) is 3.89. The Bertz CT molecular complexity index is 541. The summed E-state index contributed by atoms with van der Waals surface area (Å²) in [5.74, 6) is 2.04. The topological polar surface area (TPSA) is 36.9 Å². The van der Waals surface area contributed by atoms with Gasteiger partial charge < -0.3 is 15.0 Å². The van der Waals surface area contributed by atoms with E-state index in [2.05, 4.69) is 35.2 Å². The second-order valence-electron chi connectivity index (χ2n) is 6.12. The third-order valence-corrected chi connectivity index (χ3v) is 5.99. The number of rotatable bonds is 6. The molecule has 1 saturated heterocycles. The number of halogens is 1. The van der Waals surface area contributed by atoms with Gasteiger partial charge in [0.25, 0.3) is 0 Å². The Morgan fingerprint density at radius 2 is 2.17 bits per heavy atom. The number of benzene rings is 1. The average molecular weight is 370 g/mol. The van der Waals surface area contributed by atoms with Crippen LogP contribution in [0, 0.1) is 0 Å². The second kappa shape index (κ2) is 9.54. The molecule has 0 aliphatic carbocycles. The zero-order valence-electron chi connectivity index (χ0n) is 14.8. The molecule has 1 aromatic carbocycles. The normalized spacial score (nSPS) is 17.6. The van der Waals surface area contributed by atoms with Crippen LogP contribution in [-0.2, 0) is 11.3 Å². The van der Waals surface area contributed by atoms with Gasteiger partial charge >= 0.3 is 0 Å². The van der Waals surface area contributed by atoms with Crippen LogP contribution in [0.25, 0.3) is 0 Å². The minimum Gasteiger partial charge on any atom is -0.381 e. The van der Waals surface area contributed by atoms with Crippen molar-refractivity contribution < 1.29 is 4.74 Å². The van der Waals surface area contributed by atoms with Crippen molar-refractivity contribution in [3.8, 4) is 0 Å². The fourth-order valence-electron chi connectivity index (χ4n) is 3.03. The number of hydrogen-bond acceptors (Lipinski definition) is 3. The molecule has 6 heteroatoms. The van der Waals surface area contributed by atoms with Crippen molar-refractivity contribution in [2.24, 2.45) is 4.99 Å². The quantitative estimate of drug-likeness (QED) is 0.613. The number of nitrogens with zero attached hydrogens (tertiary/aromatic N) is 2. The maximum atomic E-state index is 6.08. The molecule has 0 unspecified atom stereocenters. The molecule has 0 atom stereocenters. The number of thioether (sulfide) groups is 1. The highest BCUT2D eigenvalue weighted by Crippen LogP contribution is 2.34. The number of hydrogen-bond donors (Lipinski definition) is 1. The van der Waals surface area contributed by atoms with Gasteiger partial charge in [-0.2, -0.15) is 11.8 Å². The summed E-state index contributed by atoms with van der Waals surface area (Å²) >= 11 is 8.11. The van der Waals surface area contributed by atoms with Gasteiger partial charge in [-0.15, -0.1) is 0 Å². The Hall–Kier alpha value is -0.910. The SMILES string of the molecule is CCSC1(CNC(=NC)N(C)Cc2cccc(Cl)c2)CCOCC1. The fourth-order valence-corrected chi connectivity index (χ4v) is 4.49. The van der Waals surface area contributed by atoms with Gasteiger partial charge in [0.15, 0.2) is 5.96 Å². The maximum Gasteiger partial charge on any atom is 0.193 e. The lowest BCUT2D eigenvalue weighted by Crippen LogP contribution is -2.48. The molecule has 1 heterocycles. The predicted molar refractivity (Wildman–Crippen MR) is 105 cm³/mol. The molecule has 1 aliphatic heterocycles. The van der Waals surface area contributed by atoms with E-state index in [9.17, 15) is 0 Å². The molecule has 0 spiro atoms. The molecule has 4 nitrogen and oxygen atoms in total. The van der Waals surface area contributed by atoms with Crippen LogP contribution in [0.4, 0.5) is 0 Å². The van der Waals surface area contributed by atoms with Gasteiger partial charge in [0.1, 0.15) is 0 Å². The van der Waals surface area contributed by atoms with Crippen molar-refractivity contribution in [2.45, 2.75) is 31.1 Å². The number of guanidine groups is 1. The van der Waals surface area contributed by atoms with Crippen molar-refractivity contribution in [3.05, 3.63) is 34.9 Å². The first-order valence-corrected chi connectivity index (χ1v) is 9.83. The van der Waals surface area contributed by atoms with Crippen molar-refractivity contribution >= 4 is 29.3 Å². The highest BCUT2D eigenvalue weighted by atomic mass is 35.5. The largest absolute Gasteiger partial charge is 0.381 e. The van der Waals surface area contributed by atoms with E-state index < -0.39 is 0 Å². The van der Waals surface area contributed by atoms with Crippen LogP contribution >= 0.6 is 23.4 Å². The van der Waals surface area contributed by atoms with Crippen molar-refractivity contribution in [1.82, 2.24) is 10.2 Å². The molecule has 24 heavy (non-hydrogen) atoms. The molecule has 1 aromatic rings. The Balaban J connectivity index is 1.95. The minimum absolute atomic E-state index is 0.250. The van der Waals surface area contributed by atoms with Crippen LogP contribution < -0.4 is 5.32 Å². The Morgan fingerprint density at radius 3 is 2.79 bits per heavy atom. The number of nitrogens with one attached hydrogen (secondary N) is 1. The minimum atomic E-state index is 0.250. The molecule has 0 bridgehead atoms. The summed E-state index contributed by atoms with van der Waals surface area (Å²) in [5, 5.41) is 4.33. The van der Waals surface area contributed by atoms with Gasteiger partial charge in [0.2, 0.25) is 0 Å². The Morgan fingerprint density at radius 1 is 1.42 bits per heavy atom. The molecule has 0 saturated carbocycles. The van der Waals surface area contributed by atoms with Gasteiger partial charge in [-0.05, 0) is 36.3 Å². The van der Waals surface area contributed by atoms with Crippen LogP contribution in [0.3, 0.4) is 0 Å². The third-order valence-electron chi connectivity index (χ3n) is 4.31. The molecule has 1 fully saturated rings. The van der Waals surface area contributed by atoms with E-state index in [1.54, 1.807) is 0 Å². The summed E-state index contributed by atoms with van der Waals surface area (Å²) < 4.78 is 5.80. The average Bonchev–Trinajstić information content (AvgIpc) is 2.56. The molecule has 0 radical (unpaired) electrons. The van der Waals surface area contributed by atoms with Crippen molar-refractivity contribution in [3.63, 3.8) is 0 Å². The molecular weight excluding hydrogens is 342 g/mol. The standard InChI is InChI=1S/C18H28ClN3OS/c1-4-24-18(8-10-23-11-9-18)14-21-17(20-2)22(3)13-15-6-5-7-16(19)12-15/h5-7,12H,4,8-11,13-14H2,1-3H3,(H,20,21). The van der Waals surface area contributed by atoms with E-state index in [0.29, 0.717) is 0 Å². The maximum absolute atomic E-state index is 6.08. The molecular formula is C18H28ClN3OS. The van der Waals surface area contributed by atoms with Crippen molar-refractivity contribution in [1.29, 1.82) is 0 Å². The van der Waals surface area contributed by atoms with E-state index >= 15 is 0 Å². The first-order chi connectivity index (χ1) is 11.6. The lowest BCUT2D eigenvalue weighted by molar-refractivity contribution is 0.0780. The molecule has 0 aromatic heterocycles. The van der Waals surface area contributed by atoms with E-state index in [-0.39, 0.29) is 4.75 Å². The molecule has 1 N–H and O–H groups in total. The second-order valence-corrected chi connectivity index (χ2v) is 8.28. The zero-order valence-corrected chi connectivity index (χ0v) is 16.4. The van der Waals surface area contributed by atoms with Gasteiger partial charge in [-0.3, -0.25) is 4.99 Å². The number of aliphatic imine (C=N–C) groups is 1. The van der Waals surface area contributed by atoms with Gasteiger partial charge in [0.05, 0.1) is 0 Å². The lowest BCUT2D eigenvalue weighted by atomic mass is 9.99. The molecule has 1 aliphatic rings. The molecule has 2 rings (SSSR count). The van der Waals surface area contributed by atoms with E-state index in [0.717, 1.165) is 55.9 Å². The summed E-state index contributed by atoms with van der Waals surface area (Å²) in [6, 6.07) is 7.96. The van der Waals surface area contributed by atoms with Crippen LogP contribution in [0.2, 0.25) is 5.02 Å². The van der Waals surface area contributed by atoms with Gasteiger partial charge in [-0.25, -0.2) is 0 Å². The van der Waals surface area contributed by atoms with Crippen LogP contribution in [-0.4, -0.2) is 55.2 Å². The summed E-state index contributed by atoms with van der Waals surface area (Å²) in [6.45, 7) is 5.62. The zero-order chi connectivity index (χ0) is 17.4. The Kier molecular flexibility index (Phi) is 7.72. The van der Waals surface area contributed by atoms with Gasteiger partial charge in [-0.1, -0.05) is 30.7 Å². The first kappa shape index (κ1) is 19.4. The van der Waals surface area contributed by atoms with E-state index in [4.69, 9.17) is 16.3 Å². The summed E-state index contributed by atoms with van der Waals surface area (Å²) in [6.07, 6.45) is 2.18. The van der Waals surface area contributed by atoms with Crippen LogP contribution in [0.1, 0.15) is 25.3 Å². The first-order valence-electron chi connectivity index (χ1n) is 8.46. The fraction of sp³-hybridized carbons (Fsp3) is 0.611. The molecule has 0 amide bonds. The van der Waals surface area contributed by atoms with Crippen LogP contribution in [0.15, 0.2) is 29.3 Å². The molecule has 134 valence electrons.